The minimum atomic E-state index is -0.397. The van der Waals surface area contributed by atoms with E-state index in [0.717, 1.165) is 18.4 Å². The number of aryl methyl sites for hydroxylation is 1. The number of carbonyl (C=O) groups is 1. The fraction of sp³-hybridized carbons (Fsp3) is 0.462. The van der Waals surface area contributed by atoms with Gasteiger partial charge in [0, 0.05) is 12.0 Å². The number of carbonyl (C=O) groups excluding carboxylic acids is 1. The number of nitrogens with one attached hydrogen (secondary N) is 1. The Kier molecular flexibility index (Phi) is 3.43. The van der Waals surface area contributed by atoms with Crippen LogP contribution in [-0.4, -0.2) is 11.9 Å². The molecule has 0 heterocycles. The number of rotatable bonds is 2. The largest absolute Gasteiger partial charge is 0.328 e. The van der Waals surface area contributed by atoms with E-state index in [9.17, 15) is 9.18 Å². The van der Waals surface area contributed by atoms with E-state index in [0.29, 0.717) is 6.42 Å². The first-order chi connectivity index (χ1) is 8.06. The molecule has 0 spiro atoms. The Balaban J connectivity index is 2.05. The van der Waals surface area contributed by atoms with Crippen LogP contribution in [0.25, 0.3) is 0 Å². The van der Waals surface area contributed by atoms with Gasteiger partial charge in [-0.2, -0.15) is 0 Å². The van der Waals surface area contributed by atoms with Crippen molar-refractivity contribution in [3.63, 3.8) is 0 Å². The number of nitrogens with two attached hydrogens (primary N) is 1. The molecule has 92 valence electrons. The number of amides is 1. The Morgan fingerprint density at radius 2 is 2.24 bits per heavy atom. The first-order valence-corrected chi connectivity index (χ1v) is 5.89. The van der Waals surface area contributed by atoms with Gasteiger partial charge in [-0.3, -0.25) is 4.79 Å². The van der Waals surface area contributed by atoms with Gasteiger partial charge in [-0.15, -0.1) is 0 Å². The van der Waals surface area contributed by atoms with Crippen molar-refractivity contribution >= 4 is 11.6 Å². The summed E-state index contributed by atoms with van der Waals surface area (Å²) >= 11 is 0. The summed E-state index contributed by atoms with van der Waals surface area (Å²) in [5, 5.41) is 2.64. The van der Waals surface area contributed by atoms with Crippen molar-refractivity contribution in [1.82, 2.24) is 0 Å². The van der Waals surface area contributed by atoms with Crippen LogP contribution in [0.15, 0.2) is 18.2 Å². The predicted octanol–water partition coefficient (Wildman–Crippen LogP) is 2.20. The maximum atomic E-state index is 13.5. The molecule has 17 heavy (non-hydrogen) atoms. The second-order valence-corrected chi connectivity index (χ2v) is 4.74. The van der Waals surface area contributed by atoms with Crippen molar-refractivity contribution in [2.75, 3.05) is 5.32 Å². The van der Waals surface area contributed by atoms with Gasteiger partial charge in [0.25, 0.3) is 0 Å². The molecular weight excluding hydrogens is 219 g/mol. The van der Waals surface area contributed by atoms with Gasteiger partial charge in [-0.1, -0.05) is 6.07 Å². The second-order valence-electron chi connectivity index (χ2n) is 4.74. The Morgan fingerprint density at radius 3 is 2.88 bits per heavy atom. The highest BCUT2D eigenvalue weighted by Crippen LogP contribution is 2.26. The van der Waals surface area contributed by atoms with Crippen molar-refractivity contribution in [1.29, 1.82) is 0 Å². The predicted molar refractivity (Wildman–Crippen MR) is 65.1 cm³/mol. The summed E-state index contributed by atoms with van der Waals surface area (Å²) < 4.78 is 13.5. The van der Waals surface area contributed by atoms with Gasteiger partial charge in [0.15, 0.2) is 0 Å². The normalized spacial score (nSPS) is 23.7. The topological polar surface area (TPSA) is 55.1 Å². The third-order valence-corrected chi connectivity index (χ3v) is 3.22. The summed E-state index contributed by atoms with van der Waals surface area (Å²) in [5.41, 5.74) is 6.94. The van der Waals surface area contributed by atoms with Crippen LogP contribution in [0.1, 0.15) is 24.8 Å². The van der Waals surface area contributed by atoms with Crippen LogP contribution in [0.4, 0.5) is 10.1 Å². The van der Waals surface area contributed by atoms with E-state index in [-0.39, 0.29) is 23.6 Å². The Hall–Kier alpha value is -1.42. The number of hydrogen-bond acceptors (Lipinski definition) is 2. The summed E-state index contributed by atoms with van der Waals surface area (Å²) in [6.45, 7) is 1.86. The average molecular weight is 236 g/mol. The lowest BCUT2D eigenvalue weighted by Gasteiger charge is -2.11. The quantitative estimate of drug-likeness (QED) is 0.827. The van der Waals surface area contributed by atoms with Crippen LogP contribution in [-0.2, 0) is 4.79 Å². The molecule has 0 saturated heterocycles. The molecule has 1 aromatic rings. The van der Waals surface area contributed by atoms with E-state index in [1.54, 1.807) is 12.1 Å². The molecule has 0 aliphatic heterocycles. The monoisotopic (exact) mass is 236 g/mol. The van der Waals surface area contributed by atoms with E-state index >= 15 is 0 Å². The minimum absolute atomic E-state index is 0.0788. The van der Waals surface area contributed by atoms with Gasteiger partial charge in [-0.25, -0.2) is 4.39 Å². The van der Waals surface area contributed by atoms with E-state index in [2.05, 4.69) is 5.32 Å². The standard InChI is InChI=1S/C13H17FN2O/c1-8-2-5-11(14)12(6-8)16-13(17)9-3-4-10(15)7-9/h2,5-6,9-10H,3-4,7,15H2,1H3,(H,16,17). The van der Waals surface area contributed by atoms with Gasteiger partial charge in [0.1, 0.15) is 5.82 Å². The first kappa shape index (κ1) is 12.0. The van der Waals surface area contributed by atoms with Crippen molar-refractivity contribution in [2.24, 2.45) is 11.7 Å². The third-order valence-electron chi connectivity index (χ3n) is 3.22. The average Bonchev–Trinajstić information content (AvgIpc) is 2.70. The van der Waals surface area contributed by atoms with E-state index < -0.39 is 5.82 Å². The van der Waals surface area contributed by atoms with Crippen LogP contribution in [0.3, 0.4) is 0 Å². The lowest BCUT2D eigenvalue weighted by atomic mass is 10.1. The minimum Gasteiger partial charge on any atom is -0.328 e. The summed E-state index contributed by atoms with van der Waals surface area (Å²) in [7, 11) is 0. The van der Waals surface area contributed by atoms with Crippen molar-refractivity contribution in [2.45, 2.75) is 32.2 Å². The van der Waals surface area contributed by atoms with E-state index in [1.807, 2.05) is 6.92 Å². The highest BCUT2D eigenvalue weighted by atomic mass is 19.1. The van der Waals surface area contributed by atoms with Crippen LogP contribution in [0, 0.1) is 18.7 Å². The number of halogens is 1. The highest BCUT2D eigenvalue weighted by Gasteiger charge is 2.28. The lowest BCUT2D eigenvalue weighted by molar-refractivity contribution is -0.119. The molecule has 1 saturated carbocycles. The highest BCUT2D eigenvalue weighted by molar-refractivity contribution is 5.92. The molecule has 1 amide bonds. The molecule has 2 unspecified atom stereocenters. The molecule has 1 aliphatic rings. The Bertz CT molecular complexity index is 433. The van der Waals surface area contributed by atoms with Crippen LogP contribution in [0.2, 0.25) is 0 Å². The molecular formula is C13H17FN2O. The maximum Gasteiger partial charge on any atom is 0.227 e. The Morgan fingerprint density at radius 1 is 1.47 bits per heavy atom. The van der Waals surface area contributed by atoms with Gasteiger partial charge in [-0.05, 0) is 43.9 Å². The molecule has 1 aliphatic carbocycles. The van der Waals surface area contributed by atoms with Crippen LogP contribution >= 0.6 is 0 Å². The molecule has 2 atom stereocenters. The first-order valence-electron chi connectivity index (χ1n) is 5.89. The zero-order valence-electron chi connectivity index (χ0n) is 9.87. The fourth-order valence-electron chi connectivity index (χ4n) is 2.22. The SMILES string of the molecule is Cc1ccc(F)c(NC(=O)C2CCC(N)C2)c1. The molecule has 1 aromatic carbocycles. The summed E-state index contributed by atoms with van der Waals surface area (Å²) in [6, 6.07) is 4.79. The molecule has 2 rings (SSSR count). The van der Waals surface area contributed by atoms with Crippen molar-refractivity contribution < 1.29 is 9.18 Å². The molecule has 3 nitrogen and oxygen atoms in total. The molecule has 4 heteroatoms. The number of benzene rings is 1. The molecule has 1 fully saturated rings. The smallest absolute Gasteiger partial charge is 0.227 e. The second kappa shape index (κ2) is 4.84. The van der Waals surface area contributed by atoms with Gasteiger partial charge >= 0.3 is 0 Å². The van der Waals surface area contributed by atoms with Gasteiger partial charge in [0.2, 0.25) is 5.91 Å². The summed E-state index contributed by atoms with van der Waals surface area (Å²) in [5.74, 6) is -0.599. The zero-order valence-corrected chi connectivity index (χ0v) is 9.87. The van der Waals surface area contributed by atoms with Crippen LogP contribution < -0.4 is 11.1 Å². The zero-order chi connectivity index (χ0) is 12.4. The fourth-order valence-corrected chi connectivity index (χ4v) is 2.22. The molecule has 3 N–H and O–H groups in total. The number of hydrogen-bond donors (Lipinski definition) is 2. The van der Waals surface area contributed by atoms with Crippen molar-refractivity contribution in [3.05, 3.63) is 29.6 Å². The third kappa shape index (κ3) is 2.82. The van der Waals surface area contributed by atoms with E-state index in [1.165, 1.54) is 6.07 Å². The van der Waals surface area contributed by atoms with Gasteiger partial charge < -0.3 is 11.1 Å². The van der Waals surface area contributed by atoms with Crippen molar-refractivity contribution in [3.8, 4) is 0 Å². The summed E-state index contributed by atoms with van der Waals surface area (Å²) in [6.07, 6.45) is 2.36. The lowest BCUT2D eigenvalue weighted by Crippen LogP contribution is -2.23. The molecule has 0 radical (unpaired) electrons. The Labute approximate surface area is 100 Å². The number of anilines is 1. The maximum absolute atomic E-state index is 13.5. The summed E-state index contributed by atoms with van der Waals surface area (Å²) in [4.78, 5) is 11.9. The molecule has 0 bridgehead atoms. The molecule has 0 aromatic heterocycles. The van der Waals surface area contributed by atoms with Crippen LogP contribution in [0.5, 0.6) is 0 Å². The van der Waals surface area contributed by atoms with Gasteiger partial charge in [0.05, 0.1) is 5.69 Å². The van der Waals surface area contributed by atoms with E-state index in [4.69, 9.17) is 5.73 Å².